The standard InChI is InChI=1S/C16H23IN2O4/c1-10-14(22-9-21-5)12(17)6-13(18-10)11-7-19(8-11)15(20)23-16(2,3)4/h6,11H,7-9H2,1-5H3. The fourth-order valence-electron chi connectivity index (χ4n) is 2.29. The predicted molar refractivity (Wildman–Crippen MR) is 94.7 cm³/mol. The lowest BCUT2D eigenvalue weighted by molar-refractivity contribution is 0.00780. The Balaban J connectivity index is 1.99. The number of methoxy groups -OCH3 is 1. The molecular formula is C16H23IN2O4. The van der Waals surface area contributed by atoms with E-state index in [9.17, 15) is 4.79 Å². The number of halogens is 1. The number of pyridine rings is 1. The summed E-state index contributed by atoms with van der Waals surface area (Å²) in [5, 5.41) is 0. The second kappa shape index (κ2) is 7.21. The van der Waals surface area contributed by atoms with Crippen molar-refractivity contribution in [1.29, 1.82) is 0 Å². The highest BCUT2D eigenvalue weighted by Gasteiger charge is 2.35. The van der Waals surface area contributed by atoms with E-state index < -0.39 is 5.60 Å². The van der Waals surface area contributed by atoms with Crippen molar-refractivity contribution < 1.29 is 19.0 Å². The Bertz CT molecular complexity index is 557. The van der Waals surface area contributed by atoms with Crippen LogP contribution in [0.25, 0.3) is 0 Å². The minimum Gasteiger partial charge on any atom is -0.465 e. The van der Waals surface area contributed by atoms with Gasteiger partial charge in [0, 0.05) is 31.8 Å². The van der Waals surface area contributed by atoms with E-state index in [0.717, 1.165) is 20.7 Å². The van der Waals surface area contributed by atoms with Gasteiger partial charge in [0.1, 0.15) is 5.60 Å². The summed E-state index contributed by atoms with van der Waals surface area (Å²) in [5.74, 6) is 0.991. The zero-order chi connectivity index (χ0) is 17.2. The number of aryl methyl sites for hydroxylation is 1. The number of nitrogens with zero attached hydrogens (tertiary/aromatic N) is 2. The summed E-state index contributed by atoms with van der Waals surface area (Å²) in [4.78, 5) is 18.3. The first-order valence-electron chi connectivity index (χ1n) is 7.48. The first-order valence-corrected chi connectivity index (χ1v) is 8.56. The Hall–Kier alpha value is -1.09. The molecule has 7 heteroatoms. The van der Waals surface area contributed by atoms with Crippen molar-refractivity contribution in [3.05, 3.63) is 21.0 Å². The van der Waals surface area contributed by atoms with Crippen LogP contribution in [-0.2, 0) is 9.47 Å². The van der Waals surface area contributed by atoms with E-state index in [1.54, 1.807) is 12.0 Å². The molecule has 1 fully saturated rings. The lowest BCUT2D eigenvalue weighted by Gasteiger charge is -2.39. The van der Waals surface area contributed by atoms with Crippen molar-refractivity contribution in [2.75, 3.05) is 27.0 Å². The minimum absolute atomic E-state index is 0.202. The minimum atomic E-state index is -0.466. The summed E-state index contributed by atoms with van der Waals surface area (Å²) in [6.45, 7) is 9.00. The van der Waals surface area contributed by atoms with Crippen LogP contribution in [0.3, 0.4) is 0 Å². The monoisotopic (exact) mass is 434 g/mol. The third-order valence-electron chi connectivity index (χ3n) is 3.39. The summed E-state index contributed by atoms with van der Waals surface area (Å²) >= 11 is 2.24. The Labute approximate surface area is 150 Å². The maximum Gasteiger partial charge on any atom is 0.410 e. The van der Waals surface area contributed by atoms with Gasteiger partial charge < -0.3 is 19.1 Å². The smallest absolute Gasteiger partial charge is 0.410 e. The number of rotatable bonds is 4. The van der Waals surface area contributed by atoms with Crippen LogP contribution in [0.2, 0.25) is 0 Å². The van der Waals surface area contributed by atoms with E-state index in [0.29, 0.717) is 13.1 Å². The summed E-state index contributed by atoms with van der Waals surface area (Å²) in [5.41, 5.74) is 1.35. The van der Waals surface area contributed by atoms with Crippen molar-refractivity contribution in [1.82, 2.24) is 9.88 Å². The molecule has 1 aliphatic rings. The second-order valence-corrected chi connectivity index (χ2v) is 7.74. The highest BCUT2D eigenvalue weighted by Crippen LogP contribution is 2.32. The van der Waals surface area contributed by atoms with Gasteiger partial charge in [0.2, 0.25) is 0 Å². The molecule has 2 rings (SSSR count). The van der Waals surface area contributed by atoms with Gasteiger partial charge in [0.25, 0.3) is 0 Å². The number of hydrogen-bond donors (Lipinski definition) is 0. The molecule has 0 saturated carbocycles. The zero-order valence-corrected chi connectivity index (χ0v) is 16.3. The molecule has 1 saturated heterocycles. The van der Waals surface area contributed by atoms with Crippen molar-refractivity contribution in [2.45, 2.75) is 39.2 Å². The lowest BCUT2D eigenvalue weighted by atomic mass is 9.96. The molecule has 6 nitrogen and oxygen atoms in total. The molecule has 0 spiro atoms. The molecule has 0 aromatic carbocycles. The summed E-state index contributed by atoms with van der Waals surface area (Å²) in [6.07, 6.45) is -0.264. The molecule has 0 unspecified atom stereocenters. The Morgan fingerprint density at radius 2 is 2.09 bits per heavy atom. The molecule has 0 atom stereocenters. The largest absolute Gasteiger partial charge is 0.465 e. The van der Waals surface area contributed by atoms with Crippen LogP contribution in [-0.4, -0.2) is 48.6 Å². The average molecular weight is 434 g/mol. The van der Waals surface area contributed by atoms with Gasteiger partial charge in [-0.3, -0.25) is 4.98 Å². The topological polar surface area (TPSA) is 60.9 Å². The van der Waals surface area contributed by atoms with Crippen molar-refractivity contribution in [2.24, 2.45) is 0 Å². The Kier molecular flexibility index (Phi) is 5.72. The van der Waals surface area contributed by atoms with Gasteiger partial charge in [0.05, 0.1) is 9.26 Å². The molecule has 0 N–H and O–H groups in total. The van der Waals surface area contributed by atoms with Crippen molar-refractivity contribution >= 4 is 28.7 Å². The summed E-state index contributed by atoms with van der Waals surface area (Å²) < 4.78 is 16.8. The molecule has 128 valence electrons. The molecule has 23 heavy (non-hydrogen) atoms. The second-order valence-electron chi connectivity index (χ2n) is 6.58. The first kappa shape index (κ1) is 18.3. The number of amides is 1. The fourth-order valence-corrected chi connectivity index (χ4v) is 3.15. The average Bonchev–Trinajstić information content (AvgIpc) is 2.33. The number of carbonyl (C=O) groups is 1. The first-order chi connectivity index (χ1) is 10.7. The number of aromatic nitrogens is 1. The SMILES string of the molecule is COCOc1c(I)cc(C2CN(C(=O)OC(C)(C)C)C2)nc1C. The highest BCUT2D eigenvalue weighted by atomic mass is 127. The van der Waals surface area contributed by atoms with Crippen LogP contribution in [0, 0.1) is 10.5 Å². The fraction of sp³-hybridized carbons (Fsp3) is 0.625. The molecule has 0 bridgehead atoms. The van der Waals surface area contributed by atoms with E-state index in [1.165, 1.54) is 0 Å². The van der Waals surface area contributed by atoms with E-state index in [2.05, 4.69) is 27.6 Å². The van der Waals surface area contributed by atoms with Crippen molar-refractivity contribution in [3.63, 3.8) is 0 Å². The Morgan fingerprint density at radius 1 is 1.43 bits per heavy atom. The van der Waals surface area contributed by atoms with Crippen LogP contribution >= 0.6 is 22.6 Å². The van der Waals surface area contributed by atoms with Gasteiger partial charge in [-0.1, -0.05) is 0 Å². The van der Waals surface area contributed by atoms with Crippen LogP contribution < -0.4 is 4.74 Å². The quantitative estimate of drug-likeness (QED) is 0.538. The molecule has 1 amide bonds. The maximum absolute atomic E-state index is 12.0. The third kappa shape index (κ3) is 4.69. The van der Waals surface area contributed by atoms with Gasteiger partial charge in [-0.05, 0) is 56.4 Å². The molecule has 2 heterocycles. The molecule has 0 aliphatic carbocycles. The molecule has 1 aromatic heterocycles. The normalized spacial score (nSPS) is 15.3. The van der Waals surface area contributed by atoms with E-state index >= 15 is 0 Å². The van der Waals surface area contributed by atoms with E-state index in [1.807, 2.05) is 33.8 Å². The van der Waals surface area contributed by atoms with Gasteiger partial charge >= 0.3 is 6.09 Å². The number of carbonyl (C=O) groups excluding carboxylic acids is 1. The summed E-state index contributed by atoms with van der Waals surface area (Å²) in [7, 11) is 1.59. The third-order valence-corrected chi connectivity index (χ3v) is 4.19. The molecule has 1 aromatic rings. The highest BCUT2D eigenvalue weighted by molar-refractivity contribution is 14.1. The van der Waals surface area contributed by atoms with Crippen LogP contribution in [0.1, 0.15) is 38.1 Å². The molecular weight excluding hydrogens is 411 g/mol. The van der Waals surface area contributed by atoms with Gasteiger partial charge in [-0.25, -0.2) is 4.79 Å². The molecule has 1 aliphatic heterocycles. The van der Waals surface area contributed by atoms with Crippen LogP contribution in [0.5, 0.6) is 5.75 Å². The van der Waals surface area contributed by atoms with Gasteiger partial charge in [0.15, 0.2) is 12.5 Å². The number of ether oxygens (including phenoxy) is 3. The van der Waals surface area contributed by atoms with Crippen LogP contribution in [0.4, 0.5) is 4.79 Å². The van der Waals surface area contributed by atoms with E-state index in [4.69, 9.17) is 14.2 Å². The van der Waals surface area contributed by atoms with Crippen LogP contribution in [0.15, 0.2) is 6.07 Å². The zero-order valence-electron chi connectivity index (χ0n) is 14.2. The van der Waals surface area contributed by atoms with Crippen molar-refractivity contribution in [3.8, 4) is 5.75 Å². The summed E-state index contributed by atoms with van der Waals surface area (Å²) in [6, 6.07) is 2.01. The maximum atomic E-state index is 12.0. The lowest BCUT2D eigenvalue weighted by Crippen LogP contribution is -2.50. The van der Waals surface area contributed by atoms with Gasteiger partial charge in [-0.2, -0.15) is 0 Å². The Morgan fingerprint density at radius 3 is 2.61 bits per heavy atom. The predicted octanol–water partition coefficient (Wildman–Crippen LogP) is 3.31. The number of hydrogen-bond acceptors (Lipinski definition) is 5. The van der Waals surface area contributed by atoms with E-state index in [-0.39, 0.29) is 18.8 Å². The van der Waals surface area contributed by atoms with Gasteiger partial charge in [-0.15, -0.1) is 0 Å². The molecule has 0 radical (unpaired) electrons. The number of likely N-dealkylation sites (tertiary alicyclic amines) is 1.